The number of aliphatic hydroxyl groups is 1. The van der Waals surface area contributed by atoms with E-state index in [0.29, 0.717) is 18.5 Å². The molecular formula is C36H59N5O7. The predicted octanol–water partition coefficient (Wildman–Crippen LogP) is 2.39. The number of nitrogens with one attached hydrogen (secondary N) is 2. The van der Waals surface area contributed by atoms with E-state index in [-0.39, 0.29) is 48.1 Å². The number of hydrogen-bond donors (Lipinski definition) is 4. The Kier molecular flexibility index (Phi) is 14.0. The number of likely N-dealkylation sites (tertiary alicyclic amines) is 1. The Balaban J connectivity index is 1.71. The zero-order valence-corrected chi connectivity index (χ0v) is 30.3. The van der Waals surface area contributed by atoms with Crippen LogP contribution in [0, 0.1) is 17.8 Å². The molecule has 0 radical (unpaired) electrons. The highest BCUT2D eigenvalue weighted by molar-refractivity contribution is 5.91. The lowest BCUT2D eigenvalue weighted by Crippen LogP contribution is -2.60. The summed E-state index contributed by atoms with van der Waals surface area (Å²) in [6, 6.07) is 7.17. The van der Waals surface area contributed by atoms with Gasteiger partial charge in [0.2, 0.25) is 23.6 Å². The van der Waals surface area contributed by atoms with Gasteiger partial charge in [0.1, 0.15) is 6.04 Å². The molecule has 1 aliphatic carbocycles. The fraction of sp³-hybridized carbons (Fsp3) is 0.722. The summed E-state index contributed by atoms with van der Waals surface area (Å²) in [5, 5.41) is 16.5. The van der Waals surface area contributed by atoms with Crippen LogP contribution in [0.5, 0.6) is 0 Å². The van der Waals surface area contributed by atoms with Gasteiger partial charge in [-0.15, -0.1) is 0 Å². The van der Waals surface area contributed by atoms with Crippen molar-refractivity contribution in [3.8, 4) is 0 Å². The molecule has 0 aromatic heterocycles. The lowest BCUT2D eigenvalue weighted by Gasteiger charge is -2.39. The van der Waals surface area contributed by atoms with E-state index in [0.717, 1.165) is 19.3 Å². The van der Waals surface area contributed by atoms with E-state index < -0.39 is 47.8 Å². The van der Waals surface area contributed by atoms with Gasteiger partial charge in [0, 0.05) is 27.8 Å². The minimum absolute atomic E-state index is 0.0532. The van der Waals surface area contributed by atoms with Crippen molar-refractivity contribution in [3.05, 3.63) is 35.9 Å². The Bertz CT molecular complexity index is 1230. The predicted molar refractivity (Wildman–Crippen MR) is 183 cm³/mol. The summed E-state index contributed by atoms with van der Waals surface area (Å²) in [6.45, 7) is 11.0. The van der Waals surface area contributed by atoms with Gasteiger partial charge in [-0.05, 0) is 63.9 Å². The number of hydrogen-bond acceptors (Lipinski definition) is 8. The first kappa shape index (κ1) is 39.4. The minimum atomic E-state index is -1.14. The van der Waals surface area contributed by atoms with Gasteiger partial charge in [-0.1, -0.05) is 51.1 Å². The van der Waals surface area contributed by atoms with Crippen molar-refractivity contribution < 1.29 is 33.8 Å². The van der Waals surface area contributed by atoms with Crippen molar-refractivity contribution in [2.45, 2.75) is 122 Å². The Morgan fingerprint density at radius 3 is 2.17 bits per heavy atom. The highest BCUT2D eigenvalue weighted by Gasteiger charge is 2.46. The molecular weight excluding hydrogens is 614 g/mol. The highest BCUT2D eigenvalue weighted by Crippen LogP contribution is 2.39. The molecule has 12 nitrogen and oxygen atoms in total. The van der Waals surface area contributed by atoms with Gasteiger partial charge in [-0.2, -0.15) is 0 Å². The van der Waals surface area contributed by atoms with E-state index in [4.69, 9.17) is 15.2 Å². The zero-order chi connectivity index (χ0) is 35.9. The molecule has 1 heterocycles. The van der Waals surface area contributed by atoms with Crippen LogP contribution in [-0.4, -0.2) is 108 Å². The molecule has 1 saturated carbocycles. The zero-order valence-electron chi connectivity index (χ0n) is 30.3. The molecule has 0 unspecified atom stereocenters. The third kappa shape index (κ3) is 9.77. The van der Waals surface area contributed by atoms with E-state index in [9.17, 15) is 24.3 Å². The molecule has 12 heteroatoms. The molecule has 3 rings (SSSR count). The maximum atomic E-state index is 14.0. The van der Waals surface area contributed by atoms with Gasteiger partial charge in [0.05, 0.1) is 54.3 Å². The smallest absolute Gasteiger partial charge is 0.245 e. The van der Waals surface area contributed by atoms with Crippen LogP contribution in [0.2, 0.25) is 0 Å². The Morgan fingerprint density at radius 2 is 1.65 bits per heavy atom. The summed E-state index contributed by atoms with van der Waals surface area (Å²) in [5.41, 5.74) is 5.57. The summed E-state index contributed by atoms with van der Waals surface area (Å²) in [7, 11) is 4.82. The van der Waals surface area contributed by atoms with E-state index in [1.807, 2.05) is 44.2 Å². The molecule has 1 saturated heterocycles. The molecule has 2 fully saturated rings. The normalized spacial score (nSPS) is 21.1. The Morgan fingerprint density at radius 1 is 1.02 bits per heavy atom. The average molecular weight is 674 g/mol. The van der Waals surface area contributed by atoms with E-state index in [2.05, 4.69) is 10.6 Å². The van der Waals surface area contributed by atoms with E-state index in [1.165, 1.54) is 0 Å². The topological polar surface area (TPSA) is 164 Å². The first-order valence-electron chi connectivity index (χ1n) is 17.3. The van der Waals surface area contributed by atoms with Gasteiger partial charge in [0.15, 0.2) is 0 Å². The first-order chi connectivity index (χ1) is 22.5. The molecule has 8 atom stereocenters. The molecule has 0 bridgehead atoms. The molecule has 2 aliphatic rings. The quantitative estimate of drug-likeness (QED) is 0.196. The number of ether oxygens (including phenoxy) is 2. The van der Waals surface area contributed by atoms with Crippen molar-refractivity contribution in [2.75, 3.05) is 27.8 Å². The molecule has 1 aliphatic heterocycles. The molecule has 1 aromatic carbocycles. The number of benzene rings is 1. The lowest BCUT2D eigenvalue weighted by atomic mass is 9.93. The maximum absolute atomic E-state index is 14.0. The number of carbonyl (C=O) groups excluding carboxylic acids is 4. The van der Waals surface area contributed by atoms with Crippen LogP contribution in [0.25, 0.3) is 0 Å². The SMILES string of the molecule is CO[C@H]([C@@H](C)C(=O)N[C@H](C)[C@@H](O)c1ccccc1)[C@@H]1CCCN1C(=O)C[C@@H](OC)[C@H](C1CC1)N(C)C(=O)[C@@H](NC(=O)C(C)(C)N)C(C)C. The van der Waals surface area contributed by atoms with Crippen molar-refractivity contribution in [1.82, 2.24) is 20.4 Å². The monoisotopic (exact) mass is 673 g/mol. The number of likely N-dealkylation sites (N-methyl/N-ethyl adjacent to an activating group) is 1. The fourth-order valence-corrected chi connectivity index (χ4v) is 6.81. The summed E-state index contributed by atoms with van der Waals surface area (Å²) < 4.78 is 11.8. The second-order valence-electron chi connectivity index (χ2n) is 14.6. The van der Waals surface area contributed by atoms with Gasteiger partial charge >= 0.3 is 0 Å². The Labute approximate surface area is 286 Å². The number of nitrogens with two attached hydrogens (primary N) is 1. The summed E-state index contributed by atoms with van der Waals surface area (Å²) in [6.07, 6.45) is 1.31. The summed E-state index contributed by atoms with van der Waals surface area (Å²) in [5.74, 6) is -1.67. The largest absolute Gasteiger partial charge is 0.386 e. The van der Waals surface area contributed by atoms with E-state index >= 15 is 0 Å². The van der Waals surface area contributed by atoms with Crippen molar-refractivity contribution in [3.63, 3.8) is 0 Å². The maximum Gasteiger partial charge on any atom is 0.245 e. The summed E-state index contributed by atoms with van der Waals surface area (Å²) >= 11 is 0. The van der Waals surface area contributed by atoms with Gasteiger partial charge in [-0.3, -0.25) is 19.2 Å². The van der Waals surface area contributed by atoms with Crippen molar-refractivity contribution >= 4 is 23.6 Å². The number of aliphatic hydroxyl groups excluding tert-OH is 1. The molecule has 5 N–H and O–H groups in total. The second kappa shape index (κ2) is 17.0. The molecule has 1 aromatic rings. The van der Waals surface area contributed by atoms with Crippen LogP contribution < -0.4 is 16.4 Å². The molecule has 0 spiro atoms. The number of amides is 4. The van der Waals surface area contributed by atoms with Crippen LogP contribution >= 0.6 is 0 Å². The lowest BCUT2D eigenvalue weighted by molar-refractivity contribution is -0.147. The van der Waals surface area contributed by atoms with Crippen molar-refractivity contribution in [1.29, 1.82) is 0 Å². The van der Waals surface area contributed by atoms with Crippen LogP contribution in [0.3, 0.4) is 0 Å². The third-order valence-corrected chi connectivity index (χ3v) is 9.93. The highest BCUT2D eigenvalue weighted by atomic mass is 16.5. The summed E-state index contributed by atoms with van der Waals surface area (Å²) in [4.78, 5) is 57.4. The van der Waals surface area contributed by atoms with Gasteiger partial charge in [0.25, 0.3) is 0 Å². The minimum Gasteiger partial charge on any atom is -0.386 e. The standard InChI is InChI=1S/C36H59N5O7/c1-21(2)29(39-35(46)36(5,6)37)34(45)40(7)30(24-17-18-24)27(47-8)20-28(42)41-19-13-16-26(41)32(48-9)22(3)33(44)38-23(4)31(43)25-14-11-10-12-15-25/h10-12,14-15,21-24,26-27,29-32,43H,13,16-20,37H2,1-9H3,(H,38,44)(H,39,46)/t22-,23-,26+,27-,29+,30+,31-,32-/m1/s1. The van der Waals surface area contributed by atoms with Crippen LogP contribution in [0.4, 0.5) is 0 Å². The molecule has 48 heavy (non-hydrogen) atoms. The van der Waals surface area contributed by atoms with Gasteiger partial charge < -0.3 is 40.7 Å². The number of nitrogens with zero attached hydrogens (tertiary/aromatic N) is 2. The van der Waals surface area contributed by atoms with Crippen molar-refractivity contribution in [2.24, 2.45) is 23.5 Å². The van der Waals surface area contributed by atoms with Crippen LogP contribution in [-0.2, 0) is 28.7 Å². The average Bonchev–Trinajstić information content (AvgIpc) is 3.77. The van der Waals surface area contributed by atoms with Gasteiger partial charge in [-0.25, -0.2) is 0 Å². The fourth-order valence-electron chi connectivity index (χ4n) is 6.81. The van der Waals surface area contributed by atoms with Crippen LogP contribution in [0.1, 0.15) is 85.3 Å². The second-order valence-corrected chi connectivity index (χ2v) is 14.6. The van der Waals surface area contributed by atoms with Crippen LogP contribution in [0.15, 0.2) is 30.3 Å². The first-order valence-corrected chi connectivity index (χ1v) is 17.3. The molecule has 4 amide bonds. The number of carbonyl (C=O) groups is 4. The number of rotatable bonds is 17. The van der Waals surface area contributed by atoms with E-state index in [1.54, 1.807) is 58.8 Å². The Hall–Kier alpha value is -3.06. The third-order valence-electron chi connectivity index (χ3n) is 9.93. The molecule has 270 valence electrons. The number of methoxy groups -OCH3 is 2.